The predicted octanol–water partition coefficient (Wildman–Crippen LogP) is 3.55. The van der Waals surface area contributed by atoms with Crippen LogP contribution in [0.2, 0.25) is 0 Å². The summed E-state index contributed by atoms with van der Waals surface area (Å²) in [6.07, 6.45) is 3.83. The molecule has 20 heavy (non-hydrogen) atoms. The van der Waals surface area contributed by atoms with Crippen molar-refractivity contribution in [2.24, 2.45) is 5.16 Å². The normalized spacial score (nSPS) is 10.4. The van der Waals surface area contributed by atoms with Gasteiger partial charge in [0.2, 0.25) is 0 Å². The van der Waals surface area contributed by atoms with Crippen molar-refractivity contribution in [1.29, 1.82) is 5.26 Å². The Morgan fingerprint density at radius 2 is 2.00 bits per heavy atom. The Balaban J connectivity index is 1.95. The third-order valence-corrected chi connectivity index (χ3v) is 2.92. The molecule has 0 unspecified atom stereocenters. The van der Waals surface area contributed by atoms with Gasteiger partial charge in [-0.1, -0.05) is 48.5 Å². The zero-order chi connectivity index (χ0) is 14.2. The van der Waals surface area contributed by atoms with Crippen molar-refractivity contribution in [3.05, 3.63) is 70.8 Å². The Hall–Kier alpha value is -2.60. The number of benzene rings is 2. The summed E-state index contributed by atoms with van der Waals surface area (Å²) in [6, 6.07) is 17.3. The molecule has 0 spiro atoms. The van der Waals surface area contributed by atoms with Gasteiger partial charge in [0.05, 0.1) is 11.6 Å². The highest BCUT2D eigenvalue weighted by Crippen LogP contribution is 2.08. The second-order valence-corrected chi connectivity index (χ2v) is 4.30. The lowest BCUT2D eigenvalue weighted by molar-refractivity contribution is 0.132. The molecule has 0 aliphatic rings. The molecule has 99 valence electrons. The van der Waals surface area contributed by atoms with E-state index in [1.807, 2.05) is 36.4 Å². The van der Waals surface area contributed by atoms with E-state index in [1.165, 1.54) is 5.56 Å². The van der Waals surface area contributed by atoms with Gasteiger partial charge < -0.3 is 4.84 Å². The minimum absolute atomic E-state index is 0.330. The minimum atomic E-state index is 0.330. The van der Waals surface area contributed by atoms with Gasteiger partial charge in [0, 0.05) is 5.56 Å². The fourth-order valence-corrected chi connectivity index (χ4v) is 1.86. The second-order valence-electron chi connectivity index (χ2n) is 4.30. The first-order chi connectivity index (χ1) is 9.83. The molecule has 0 heterocycles. The van der Waals surface area contributed by atoms with E-state index in [0.717, 1.165) is 17.5 Å². The molecule has 0 aromatic heterocycles. The van der Waals surface area contributed by atoms with Gasteiger partial charge in [0.25, 0.3) is 0 Å². The van der Waals surface area contributed by atoms with E-state index >= 15 is 0 Å². The third kappa shape index (κ3) is 3.69. The molecule has 0 aliphatic heterocycles. The molecule has 0 N–H and O–H groups in total. The van der Waals surface area contributed by atoms with Crippen LogP contribution >= 0.6 is 0 Å². The highest BCUT2D eigenvalue weighted by atomic mass is 16.6. The Bertz CT molecular complexity index is 641. The lowest BCUT2D eigenvalue weighted by Crippen LogP contribution is -1.92. The molecule has 0 saturated carbocycles. The molecule has 1 radical (unpaired) electrons. The Labute approximate surface area is 119 Å². The second kappa shape index (κ2) is 7.10. The number of nitriles is 1. The maximum Gasteiger partial charge on any atom is 0.142 e. The van der Waals surface area contributed by atoms with E-state index in [1.54, 1.807) is 12.1 Å². The topological polar surface area (TPSA) is 45.4 Å². The first-order valence-corrected chi connectivity index (χ1v) is 6.48. The van der Waals surface area contributed by atoms with Crippen molar-refractivity contribution in [1.82, 2.24) is 0 Å². The van der Waals surface area contributed by atoms with E-state index < -0.39 is 0 Å². The van der Waals surface area contributed by atoms with Gasteiger partial charge in [0.15, 0.2) is 0 Å². The van der Waals surface area contributed by atoms with Gasteiger partial charge in [-0.2, -0.15) is 5.26 Å². The largest absolute Gasteiger partial charge is 0.390 e. The molecule has 0 atom stereocenters. The fourth-order valence-electron chi connectivity index (χ4n) is 1.86. The highest BCUT2D eigenvalue weighted by Gasteiger charge is 1.98. The van der Waals surface area contributed by atoms with Gasteiger partial charge in [0.1, 0.15) is 12.8 Å². The van der Waals surface area contributed by atoms with Crippen molar-refractivity contribution in [2.75, 3.05) is 0 Å². The summed E-state index contributed by atoms with van der Waals surface area (Å²) in [5.41, 5.74) is 3.67. The van der Waals surface area contributed by atoms with Crippen LogP contribution in [0.4, 0.5) is 0 Å². The SMILES string of the molecule is CCc1ccccc1/[C]=N\OCc1cccc(C#N)c1. The van der Waals surface area contributed by atoms with Crippen molar-refractivity contribution >= 4 is 6.21 Å². The van der Waals surface area contributed by atoms with E-state index in [4.69, 9.17) is 10.1 Å². The molecule has 0 amide bonds. The number of hydrogen-bond acceptors (Lipinski definition) is 3. The molecular weight excluding hydrogens is 248 g/mol. The zero-order valence-electron chi connectivity index (χ0n) is 11.3. The van der Waals surface area contributed by atoms with Crippen molar-refractivity contribution < 1.29 is 4.84 Å². The van der Waals surface area contributed by atoms with E-state index in [9.17, 15) is 0 Å². The van der Waals surface area contributed by atoms with Crippen LogP contribution in [0.1, 0.15) is 29.2 Å². The summed E-state index contributed by atoms with van der Waals surface area (Å²) in [4.78, 5) is 5.23. The smallest absolute Gasteiger partial charge is 0.142 e. The minimum Gasteiger partial charge on any atom is -0.390 e. The molecule has 0 bridgehead atoms. The van der Waals surface area contributed by atoms with Crippen LogP contribution in [0, 0.1) is 11.3 Å². The third-order valence-electron chi connectivity index (χ3n) is 2.92. The first-order valence-electron chi connectivity index (χ1n) is 6.48. The summed E-state index contributed by atoms with van der Waals surface area (Å²) in [5.74, 6) is 0. The van der Waals surface area contributed by atoms with Crippen LogP contribution in [0.5, 0.6) is 0 Å². The zero-order valence-corrected chi connectivity index (χ0v) is 11.3. The van der Waals surface area contributed by atoms with E-state index in [2.05, 4.69) is 24.4 Å². The molecule has 2 rings (SSSR count). The van der Waals surface area contributed by atoms with Crippen LogP contribution in [0.25, 0.3) is 0 Å². The van der Waals surface area contributed by atoms with Crippen LogP contribution in [-0.2, 0) is 17.9 Å². The lowest BCUT2D eigenvalue weighted by Gasteiger charge is -2.02. The summed E-state index contributed by atoms with van der Waals surface area (Å²) in [5, 5.41) is 12.7. The van der Waals surface area contributed by atoms with Gasteiger partial charge in [-0.3, -0.25) is 0 Å². The summed E-state index contributed by atoms with van der Waals surface area (Å²) in [6.45, 7) is 2.42. The molecule has 3 nitrogen and oxygen atoms in total. The fraction of sp³-hybridized carbons (Fsp3) is 0.176. The number of hydrogen-bond donors (Lipinski definition) is 0. The standard InChI is InChI=1S/C17H15N2O/c1-2-16-8-3-4-9-17(16)12-19-20-13-15-7-5-6-14(10-15)11-18/h3-10H,2,13H2,1H3. The number of rotatable bonds is 5. The van der Waals surface area contributed by atoms with Crippen LogP contribution in [0.3, 0.4) is 0 Å². The summed E-state index contributed by atoms with van der Waals surface area (Å²) >= 11 is 0. The average molecular weight is 263 g/mol. The Kier molecular flexibility index (Phi) is 4.91. The maximum atomic E-state index is 8.81. The molecule has 0 aliphatic carbocycles. The van der Waals surface area contributed by atoms with Crippen molar-refractivity contribution in [3.8, 4) is 6.07 Å². The Morgan fingerprint density at radius 3 is 2.80 bits per heavy atom. The highest BCUT2D eigenvalue weighted by molar-refractivity contribution is 5.81. The quantitative estimate of drug-likeness (QED) is 0.611. The van der Waals surface area contributed by atoms with Gasteiger partial charge in [-0.15, -0.1) is 0 Å². The molecule has 2 aromatic carbocycles. The van der Waals surface area contributed by atoms with Crippen molar-refractivity contribution in [3.63, 3.8) is 0 Å². The van der Waals surface area contributed by atoms with Gasteiger partial charge in [-0.25, -0.2) is 0 Å². The lowest BCUT2D eigenvalue weighted by atomic mass is 10.1. The van der Waals surface area contributed by atoms with Crippen LogP contribution in [-0.4, -0.2) is 6.21 Å². The van der Waals surface area contributed by atoms with Gasteiger partial charge in [-0.05, 0) is 29.7 Å². The predicted molar refractivity (Wildman–Crippen MR) is 78.3 cm³/mol. The molecule has 0 fully saturated rings. The molecule has 2 aromatic rings. The first kappa shape index (κ1) is 13.8. The number of aryl methyl sites for hydroxylation is 1. The molecule has 0 saturated heterocycles. The van der Waals surface area contributed by atoms with E-state index in [0.29, 0.717) is 12.2 Å². The average Bonchev–Trinajstić information content (AvgIpc) is 2.52. The van der Waals surface area contributed by atoms with Crippen LogP contribution < -0.4 is 0 Å². The van der Waals surface area contributed by atoms with Crippen LogP contribution in [0.15, 0.2) is 53.7 Å². The molecular formula is C17H15N2O. The monoisotopic (exact) mass is 263 g/mol. The van der Waals surface area contributed by atoms with Crippen molar-refractivity contribution in [2.45, 2.75) is 20.0 Å². The van der Waals surface area contributed by atoms with Gasteiger partial charge >= 0.3 is 0 Å². The summed E-state index contributed by atoms with van der Waals surface area (Å²) < 4.78 is 0. The number of nitrogens with zero attached hydrogens (tertiary/aromatic N) is 2. The molecule has 3 heteroatoms. The summed E-state index contributed by atoms with van der Waals surface area (Å²) in [7, 11) is 0. The van der Waals surface area contributed by atoms with E-state index in [-0.39, 0.29) is 0 Å². The maximum absolute atomic E-state index is 8.81. The Morgan fingerprint density at radius 1 is 1.15 bits per heavy atom.